The van der Waals surface area contributed by atoms with E-state index in [1.165, 1.54) is 5.56 Å². The molecule has 0 bridgehead atoms. The molecule has 21 heavy (non-hydrogen) atoms. The molecule has 2 aromatic heterocycles. The summed E-state index contributed by atoms with van der Waals surface area (Å²) in [5.41, 5.74) is 11.2. The summed E-state index contributed by atoms with van der Waals surface area (Å²) < 4.78 is 0. The quantitative estimate of drug-likeness (QED) is 0.668. The molecule has 0 atom stereocenters. The fraction of sp³-hybridized carbons (Fsp3) is 0.133. The van der Waals surface area contributed by atoms with Crippen LogP contribution in [0.4, 0.5) is 5.82 Å². The van der Waals surface area contributed by atoms with Crippen LogP contribution in [0.5, 0.6) is 0 Å². The number of aromatic amines is 1. The lowest BCUT2D eigenvalue weighted by Gasteiger charge is -2.05. The highest BCUT2D eigenvalue weighted by atomic mass is 15.1. The van der Waals surface area contributed by atoms with Gasteiger partial charge in [0.25, 0.3) is 0 Å². The summed E-state index contributed by atoms with van der Waals surface area (Å²) in [4.78, 5) is 8.83. The lowest BCUT2D eigenvalue weighted by molar-refractivity contribution is 1.04. The summed E-state index contributed by atoms with van der Waals surface area (Å²) in [6.45, 7) is 3.97. The standard InChI is InChI=1S/C15H15N5.H3N/c1-9-4-3-5-11(6-9)13-8-17-14(15(16)18-13)12-7-10(2)19-20-12;/h3-8H,1-2H3,(H2,16,18)(H,19,20);1H3. The van der Waals surface area contributed by atoms with Gasteiger partial charge in [0.15, 0.2) is 5.82 Å². The number of nitrogens with one attached hydrogen (secondary N) is 1. The van der Waals surface area contributed by atoms with Gasteiger partial charge in [0.05, 0.1) is 11.9 Å². The van der Waals surface area contributed by atoms with Crippen molar-refractivity contribution >= 4 is 5.82 Å². The van der Waals surface area contributed by atoms with E-state index in [4.69, 9.17) is 5.73 Å². The second kappa shape index (κ2) is 5.72. The monoisotopic (exact) mass is 282 g/mol. The minimum absolute atomic E-state index is 0. The van der Waals surface area contributed by atoms with Gasteiger partial charge in [0.1, 0.15) is 11.4 Å². The van der Waals surface area contributed by atoms with Crippen LogP contribution in [0.2, 0.25) is 0 Å². The number of nitrogen functional groups attached to an aromatic ring is 1. The number of H-pyrrole nitrogens is 1. The van der Waals surface area contributed by atoms with Crippen molar-refractivity contribution in [2.75, 3.05) is 5.73 Å². The van der Waals surface area contributed by atoms with Crippen molar-refractivity contribution in [1.82, 2.24) is 26.3 Å². The van der Waals surface area contributed by atoms with Crippen LogP contribution in [0.3, 0.4) is 0 Å². The van der Waals surface area contributed by atoms with Crippen LogP contribution in [0.1, 0.15) is 11.3 Å². The first kappa shape index (κ1) is 14.7. The number of benzene rings is 1. The highest BCUT2D eigenvalue weighted by Gasteiger charge is 2.11. The topological polar surface area (TPSA) is 115 Å². The zero-order valence-electron chi connectivity index (χ0n) is 12.1. The molecule has 3 rings (SSSR count). The average Bonchev–Trinajstić information content (AvgIpc) is 2.85. The fourth-order valence-electron chi connectivity index (χ4n) is 2.08. The van der Waals surface area contributed by atoms with E-state index in [1.54, 1.807) is 6.20 Å². The van der Waals surface area contributed by atoms with E-state index >= 15 is 0 Å². The van der Waals surface area contributed by atoms with Gasteiger partial charge < -0.3 is 11.9 Å². The smallest absolute Gasteiger partial charge is 0.152 e. The Morgan fingerprint density at radius 2 is 1.90 bits per heavy atom. The molecule has 6 heteroatoms. The summed E-state index contributed by atoms with van der Waals surface area (Å²) in [6, 6.07) is 9.98. The molecule has 0 saturated carbocycles. The minimum atomic E-state index is 0. The maximum atomic E-state index is 6.01. The highest BCUT2D eigenvalue weighted by molar-refractivity contribution is 5.70. The van der Waals surface area contributed by atoms with Crippen LogP contribution >= 0.6 is 0 Å². The van der Waals surface area contributed by atoms with Crippen molar-refractivity contribution in [3.05, 3.63) is 47.8 Å². The fourth-order valence-corrected chi connectivity index (χ4v) is 2.08. The third-order valence-corrected chi connectivity index (χ3v) is 3.06. The minimum Gasteiger partial charge on any atom is -0.382 e. The van der Waals surface area contributed by atoms with E-state index in [1.807, 2.05) is 38.1 Å². The van der Waals surface area contributed by atoms with Gasteiger partial charge in [-0.2, -0.15) is 5.10 Å². The number of hydrogen-bond acceptors (Lipinski definition) is 5. The van der Waals surface area contributed by atoms with Gasteiger partial charge in [-0.3, -0.25) is 5.10 Å². The van der Waals surface area contributed by atoms with Crippen molar-refractivity contribution in [1.29, 1.82) is 0 Å². The highest BCUT2D eigenvalue weighted by Crippen LogP contribution is 2.24. The van der Waals surface area contributed by atoms with Gasteiger partial charge in [-0.25, -0.2) is 9.97 Å². The molecule has 0 radical (unpaired) electrons. The number of nitrogens with two attached hydrogens (primary N) is 1. The first-order valence-electron chi connectivity index (χ1n) is 6.35. The number of anilines is 1. The Balaban J connectivity index is 0.00000161. The van der Waals surface area contributed by atoms with Gasteiger partial charge in [-0.05, 0) is 26.0 Å². The molecule has 6 N–H and O–H groups in total. The number of aryl methyl sites for hydroxylation is 2. The normalized spacial score (nSPS) is 10.2. The van der Waals surface area contributed by atoms with Crippen LogP contribution in [-0.4, -0.2) is 20.2 Å². The lowest BCUT2D eigenvalue weighted by Crippen LogP contribution is -1.99. The first-order valence-corrected chi connectivity index (χ1v) is 6.35. The van der Waals surface area contributed by atoms with E-state index in [-0.39, 0.29) is 6.15 Å². The van der Waals surface area contributed by atoms with E-state index in [2.05, 4.69) is 26.2 Å². The van der Waals surface area contributed by atoms with E-state index < -0.39 is 0 Å². The molecule has 2 heterocycles. The number of hydrogen-bond donors (Lipinski definition) is 3. The summed E-state index contributed by atoms with van der Waals surface area (Å²) in [7, 11) is 0. The Hall–Kier alpha value is -2.73. The predicted molar refractivity (Wildman–Crippen MR) is 84.0 cm³/mol. The predicted octanol–water partition coefficient (Wildman–Crippen LogP) is 2.89. The first-order chi connectivity index (χ1) is 9.63. The molecule has 3 aromatic rings. The maximum Gasteiger partial charge on any atom is 0.152 e. The molecule has 0 aliphatic heterocycles. The van der Waals surface area contributed by atoms with Gasteiger partial charge in [0, 0.05) is 11.3 Å². The molecule has 0 aliphatic carbocycles. The van der Waals surface area contributed by atoms with Gasteiger partial charge in [-0.15, -0.1) is 0 Å². The Morgan fingerprint density at radius 1 is 1.10 bits per heavy atom. The molecule has 0 spiro atoms. The zero-order valence-corrected chi connectivity index (χ0v) is 12.1. The number of nitrogens with zero attached hydrogens (tertiary/aromatic N) is 3. The molecule has 0 unspecified atom stereocenters. The van der Waals surface area contributed by atoms with Crippen molar-refractivity contribution in [3.63, 3.8) is 0 Å². The van der Waals surface area contributed by atoms with Crippen molar-refractivity contribution in [3.8, 4) is 22.6 Å². The number of aromatic nitrogens is 4. The third kappa shape index (κ3) is 2.90. The Bertz CT molecular complexity index is 762. The average molecular weight is 282 g/mol. The van der Waals surface area contributed by atoms with Gasteiger partial charge >= 0.3 is 0 Å². The SMILES string of the molecule is Cc1cccc(-c2cnc(-c3cc(C)[nH]n3)c(N)n2)c1.N. The largest absolute Gasteiger partial charge is 0.382 e. The van der Waals surface area contributed by atoms with Crippen LogP contribution in [0.15, 0.2) is 36.5 Å². The van der Waals surface area contributed by atoms with Crippen LogP contribution < -0.4 is 11.9 Å². The second-order valence-corrected chi connectivity index (χ2v) is 4.79. The van der Waals surface area contributed by atoms with Crippen molar-refractivity contribution in [2.24, 2.45) is 0 Å². The van der Waals surface area contributed by atoms with Crippen LogP contribution in [-0.2, 0) is 0 Å². The Morgan fingerprint density at radius 3 is 2.52 bits per heavy atom. The Labute approximate surface area is 123 Å². The molecular weight excluding hydrogens is 264 g/mol. The van der Waals surface area contributed by atoms with E-state index in [0.717, 1.165) is 17.0 Å². The van der Waals surface area contributed by atoms with Crippen LogP contribution in [0.25, 0.3) is 22.6 Å². The molecule has 0 saturated heterocycles. The summed E-state index contributed by atoms with van der Waals surface area (Å²) in [5.74, 6) is 0.385. The lowest BCUT2D eigenvalue weighted by atomic mass is 10.1. The Kier molecular flexibility index (Phi) is 4.00. The molecular formula is C15H18N6. The summed E-state index contributed by atoms with van der Waals surface area (Å²) in [5, 5.41) is 7.03. The second-order valence-electron chi connectivity index (χ2n) is 4.79. The van der Waals surface area contributed by atoms with Crippen molar-refractivity contribution < 1.29 is 0 Å². The number of rotatable bonds is 2. The van der Waals surface area contributed by atoms with Crippen molar-refractivity contribution in [2.45, 2.75) is 13.8 Å². The van der Waals surface area contributed by atoms with E-state index in [9.17, 15) is 0 Å². The zero-order chi connectivity index (χ0) is 14.1. The molecule has 0 aliphatic rings. The summed E-state index contributed by atoms with van der Waals surface area (Å²) >= 11 is 0. The summed E-state index contributed by atoms with van der Waals surface area (Å²) in [6.07, 6.45) is 1.73. The third-order valence-electron chi connectivity index (χ3n) is 3.06. The van der Waals surface area contributed by atoms with E-state index in [0.29, 0.717) is 17.2 Å². The molecule has 108 valence electrons. The molecule has 0 amide bonds. The van der Waals surface area contributed by atoms with Gasteiger partial charge in [-0.1, -0.05) is 23.8 Å². The molecule has 1 aromatic carbocycles. The van der Waals surface area contributed by atoms with Gasteiger partial charge in [0.2, 0.25) is 0 Å². The maximum absolute atomic E-state index is 6.01. The molecule has 0 fully saturated rings. The molecule has 6 nitrogen and oxygen atoms in total. The van der Waals surface area contributed by atoms with Crippen LogP contribution in [0, 0.1) is 13.8 Å².